The molecule has 1 fully saturated rings. The molecule has 2 heterocycles. The van der Waals surface area contributed by atoms with Crippen LogP contribution in [0.25, 0.3) is 11.1 Å². The van der Waals surface area contributed by atoms with Crippen molar-refractivity contribution in [1.82, 2.24) is 15.3 Å². The number of nitrogens with one attached hydrogen (secondary N) is 2. The number of benzene rings is 2. The van der Waals surface area contributed by atoms with E-state index in [2.05, 4.69) is 37.6 Å². The number of urea groups is 1. The maximum absolute atomic E-state index is 12.3. The van der Waals surface area contributed by atoms with Crippen LogP contribution in [0, 0.1) is 5.92 Å². The van der Waals surface area contributed by atoms with Gasteiger partial charge in [0, 0.05) is 37.7 Å². The number of esters is 1. The molecule has 8 heteroatoms. The number of rotatable bonds is 7. The molecule has 176 valence electrons. The Kier molecular flexibility index (Phi) is 7.70. The number of hydrogen-bond donors (Lipinski definition) is 2. The van der Waals surface area contributed by atoms with Crippen molar-refractivity contribution in [2.75, 3.05) is 36.5 Å². The Hall–Kier alpha value is -3.94. The predicted molar refractivity (Wildman–Crippen MR) is 132 cm³/mol. The number of ether oxygens (including phenoxy) is 1. The normalized spacial score (nSPS) is 13.9. The Morgan fingerprint density at radius 2 is 1.62 bits per heavy atom. The molecule has 1 aliphatic heterocycles. The number of nitrogens with zero attached hydrogens (tertiary/aromatic N) is 3. The molecular weight excluding hydrogens is 430 g/mol. The zero-order chi connectivity index (χ0) is 23.8. The second-order valence-corrected chi connectivity index (χ2v) is 8.20. The first-order valence-corrected chi connectivity index (χ1v) is 11.6. The molecule has 8 nitrogen and oxygen atoms in total. The van der Waals surface area contributed by atoms with Crippen LogP contribution < -0.4 is 15.5 Å². The number of aromatic nitrogens is 2. The van der Waals surface area contributed by atoms with Crippen molar-refractivity contribution in [2.45, 2.75) is 19.8 Å². The maximum Gasteiger partial charge on any atom is 0.341 e. The minimum atomic E-state index is -0.413. The number of hydrogen-bond acceptors (Lipinski definition) is 6. The summed E-state index contributed by atoms with van der Waals surface area (Å²) in [7, 11) is 0. The van der Waals surface area contributed by atoms with Gasteiger partial charge < -0.3 is 20.3 Å². The van der Waals surface area contributed by atoms with Crippen LogP contribution in [0.1, 0.15) is 30.1 Å². The summed E-state index contributed by atoms with van der Waals surface area (Å²) in [6.07, 6.45) is 4.86. The summed E-state index contributed by atoms with van der Waals surface area (Å²) in [5, 5.41) is 5.88. The maximum atomic E-state index is 12.3. The largest absolute Gasteiger partial charge is 0.462 e. The topological polar surface area (TPSA) is 96.5 Å². The lowest BCUT2D eigenvalue weighted by atomic mass is 9.97. The minimum Gasteiger partial charge on any atom is -0.462 e. The first kappa shape index (κ1) is 23.2. The Labute approximate surface area is 199 Å². The van der Waals surface area contributed by atoms with Crippen LogP contribution in [-0.4, -0.2) is 48.2 Å². The van der Waals surface area contributed by atoms with Crippen LogP contribution in [0.2, 0.25) is 0 Å². The van der Waals surface area contributed by atoms with Gasteiger partial charge in [0.2, 0.25) is 5.95 Å². The number of carbonyl (C=O) groups is 2. The van der Waals surface area contributed by atoms with E-state index in [4.69, 9.17) is 4.74 Å². The van der Waals surface area contributed by atoms with Crippen LogP contribution in [0.15, 0.2) is 67.0 Å². The first-order chi connectivity index (χ1) is 16.6. The molecule has 4 rings (SSSR count). The summed E-state index contributed by atoms with van der Waals surface area (Å²) < 4.78 is 4.96. The van der Waals surface area contributed by atoms with E-state index in [0.717, 1.165) is 42.7 Å². The molecule has 34 heavy (non-hydrogen) atoms. The monoisotopic (exact) mass is 459 g/mol. The summed E-state index contributed by atoms with van der Waals surface area (Å²) >= 11 is 0. The fraction of sp³-hybridized carbons (Fsp3) is 0.308. The number of piperidine rings is 1. The highest BCUT2D eigenvalue weighted by molar-refractivity contribution is 5.89. The number of anilines is 2. The molecule has 1 aromatic heterocycles. The minimum absolute atomic E-state index is 0.201. The molecule has 0 bridgehead atoms. The van der Waals surface area contributed by atoms with Gasteiger partial charge in [0.1, 0.15) is 0 Å². The lowest BCUT2D eigenvalue weighted by Crippen LogP contribution is -2.40. The van der Waals surface area contributed by atoms with Gasteiger partial charge in [-0.15, -0.1) is 0 Å². The second kappa shape index (κ2) is 11.3. The van der Waals surface area contributed by atoms with Crippen molar-refractivity contribution in [3.8, 4) is 11.1 Å². The van der Waals surface area contributed by atoms with Crippen LogP contribution in [0.4, 0.5) is 16.4 Å². The lowest BCUT2D eigenvalue weighted by Gasteiger charge is -2.32. The Balaban J connectivity index is 1.20. The quantitative estimate of drug-likeness (QED) is 0.510. The molecule has 1 aliphatic rings. The van der Waals surface area contributed by atoms with Gasteiger partial charge in [0.05, 0.1) is 12.2 Å². The molecule has 0 radical (unpaired) electrons. The van der Waals surface area contributed by atoms with Gasteiger partial charge >= 0.3 is 12.0 Å². The molecule has 0 atom stereocenters. The van der Waals surface area contributed by atoms with Crippen molar-refractivity contribution < 1.29 is 14.3 Å². The van der Waals surface area contributed by atoms with Gasteiger partial charge in [-0.3, -0.25) is 0 Å². The summed E-state index contributed by atoms with van der Waals surface area (Å²) in [6, 6.07) is 17.8. The van der Waals surface area contributed by atoms with E-state index in [0.29, 0.717) is 30.6 Å². The third-order valence-electron chi connectivity index (χ3n) is 5.85. The molecule has 3 aromatic rings. The second-order valence-electron chi connectivity index (χ2n) is 8.20. The van der Waals surface area contributed by atoms with E-state index in [-0.39, 0.29) is 6.03 Å². The van der Waals surface area contributed by atoms with Crippen LogP contribution in [-0.2, 0) is 4.74 Å². The standard InChI is InChI=1S/C26H29N5O3/c1-2-34-24(32)22-17-27-25(28-18-22)31-14-12-19(13-15-31)16-29-26(33)30-23-10-8-21(9-11-23)20-6-4-3-5-7-20/h3-11,17-19H,2,12-16H2,1H3,(H2,29,30,33). The molecule has 0 aliphatic carbocycles. The SMILES string of the molecule is CCOC(=O)c1cnc(N2CCC(CNC(=O)Nc3ccc(-c4ccccc4)cc3)CC2)nc1. The molecule has 0 unspecified atom stereocenters. The first-order valence-electron chi connectivity index (χ1n) is 11.6. The van der Waals surface area contributed by atoms with E-state index in [1.54, 1.807) is 6.92 Å². The summed E-state index contributed by atoms with van der Waals surface area (Å²) in [4.78, 5) is 34.8. The molecule has 0 spiro atoms. The van der Waals surface area contributed by atoms with Crippen LogP contribution >= 0.6 is 0 Å². The fourth-order valence-corrected chi connectivity index (χ4v) is 3.93. The van der Waals surface area contributed by atoms with Gasteiger partial charge in [-0.25, -0.2) is 19.6 Å². The smallest absolute Gasteiger partial charge is 0.341 e. The number of amides is 2. The molecular formula is C26H29N5O3. The molecule has 2 N–H and O–H groups in total. The lowest BCUT2D eigenvalue weighted by molar-refractivity contribution is 0.0525. The van der Waals surface area contributed by atoms with Gasteiger partial charge in [0.15, 0.2) is 0 Å². The predicted octanol–water partition coefficient (Wildman–Crippen LogP) is 4.36. The van der Waals surface area contributed by atoms with E-state index in [1.165, 1.54) is 12.4 Å². The van der Waals surface area contributed by atoms with Gasteiger partial charge in [-0.1, -0.05) is 42.5 Å². The third kappa shape index (κ3) is 6.10. The van der Waals surface area contributed by atoms with Crippen molar-refractivity contribution >= 4 is 23.6 Å². The molecule has 2 amide bonds. The van der Waals surface area contributed by atoms with Crippen LogP contribution in [0.3, 0.4) is 0 Å². The molecule has 2 aromatic carbocycles. The fourth-order valence-electron chi connectivity index (χ4n) is 3.93. The summed E-state index contributed by atoms with van der Waals surface area (Å²) in [5.74, 6) is 0.585. The van der Waals surface area contributed by atoms with Crippen molar-refractivity contribution in [3.63, 3.8) is 0 Å². The van der Waals surface area contributed by atoms with Gasteiger partial charge in [0.25, 0.3) is 0 Å². The van der Waals surface area contributed by atoms with Crippen LogP contribution in [0.5, 0.6) is 0 Å². The Morgan fingerprint density at radius 3 is 2.26 bits per heavy atom. The average Bonchev–Trinajstić information content (AvgIpc) is 2.89. The van der Waals surface area contributed by atoms with E-state index in [1.807, 2.05) is 42.5 Å². The Morgan fingerprint density at radius 1 is 0.971 bits per heavy atom. The van der Waals surface area contributed by atoms with E-state index < -0.39 is 5.97 Å². The van der Waals surface area contributed by atoms with E-state index in [9.17, 15) is 9.59 Å². The average molecular weight is 460 g/mol. The van der Waals surface area contributed by atoms with Crippen molar-refractivity contribution in [3.05, 3.63) is 72.6 Å². The zero-order valence-corrected chi connectivity index (χ0v) is 19.2. The highest BCUT2D eigenvalue weighted by atomic mass is 16.5. The Bertz CT molecular complexity index is 1080. The van der Waals surface area contributed by atoms with Gasteiger partial charge in [-0.05, 0) is 48.9 Å². The van der Waals surface area contributed by atoms with E-state index >= 15 is 0 Å². The third-order valence-corrected chi connectivity index (χ3v) is 5.85. The summed E-state index contributed by atoms with van der Waals surface area (Å²) in [6.45, 7) is 4.30. The van der Waals surface area contributed by atoms with Crippen molar-refractivity contribution in [1.29, 1.82) is 0 Å². The molecule has 0 saturated carbocycles. The number of carbonyl (C=O) groups excluding carboxylic acids is 2. The highest BCUT2D eigenvalue weighted by Crippen LogP contribution is 2.22. The van der Waals surface area contributed by atoms with Gasteiger partial charge in [-0.2, -0.15) is 0 Å². The summed E-state index contributed by atoms with van der Waals surface area (Å²) in [5.41, 5.74) is 3.36. The van der Waals surface area contributed by atoms with Crippen molar-refractivity contribution in [2.24, 2.45) is 5.92 Å². The zero-order valence-electron chi connectivity index (χ0n) is 19.2. The molecule has 1 saturated heterocycles. The highest BCUT2D eigenvalue weighted by Gasteiger charge is 2.22.